The summed E-state index contributed by atoms with van der Waals surface area (Å²) in [6.07, 6.45) is 1.58. The molecule has 3 rings (SSSR count). The Kier molecular flexibility index (Phi) is 5.96. The molecule has 1 aromatic heterocycles. The molecule has 28 heavy (non-hydrogen) atoms. The van der Waals surface area contributed by atoms with Crippen LogP contribution in [-0.4, -0.2) is 20.7 Å². The second-order valence-corrected chi connectivity index (χ2v) is 7.04. The Morgan fingerprint density at radius 2 is 1.82 bits per heavy atom. The second-order valence-electron chi connectivity index (χ2n) is 6.22. The summed E-state index contributed by atoms with van der Waals surface area (Å²) in [5, 5.41) is 8.21. The largest absolute Gasteiger partial charge is 0.331 e. The van der Waals surface area contributed by atoms with Gasteiger partial charge in [-0.15, -0.1) is 0 Å². The van der Waals surface area contributed by atoms with Crippen LogP contribution in [0.1, 0.15) is 16.8 Å². The Balaban J connectivity index is 1.77. The van der Waals surface area contributed by atoms with Crippen molar-refractivity contribution in [2.45, 2.75) is 13.8 Å². The van der Waals surface area contributed by atoms with Gasteiger partial charge in [-0.2, -0.15) is 5.10 Å². The maximum atomic E-state index is 12.6. The van der Waals surface area contributed by atoms with Gasteiger partial charge in [-0.05, 0) is 55.9 Å². The summed E-state index contributed by atoms with van der Waals surface area (Å²) >= 11 is 11.4. The molecule has 2 N–H and O–H groups in total. The van der Waals surface area contributed by atoms with Crippen LogP contribution in [-0.2, 0) is 7.05 Å². The molecule has 0 saturated carbocycles. The van der Waals surface area contributed by atoms with Crippen LogP contribution in [0.5, 0.6) is 0 Å². The molecule has 0 aliphatic heterocycles. The number of thiocarbonyl (C=S) groups is 1. The molecular formula is C20H20ClN5OS. The summed E-state index contributed by atoms with van der Waals surface area (Å²) in [5.41, 5.74) is 6.46. The summed E-state index contributed by atoms with van der Waals surface area (Å²) in [4.78, 5) is 12.6. The molecule has 0 bridgehead atoms. The van der Waals surface area contributed by atoms with Gasteiger partial charge in [-0.25, -0.2) is 4.68 Å². The first-order valence-corrected chi connectivity index (χ1v) is 9.38. The maximum Gasteiger partial charge on any atom is 0.274 e. The normalized spacial score (nSPS) is 11.0. The molecule has 0 unspecified atom stereocenters. The third-order valence-electron chi connectivity index (χ3n) is 4.42. The number of hydrogen-bond acceptors (Lipinski definition) is 3. The van der Waals surface area contributed by atoms with Crippen LogP contribution in [0.15, 0.2) is 58.4 Å². The summed E-state index contributed by atoms with van der Waals surface area (Å²) in [6.45, 7) is 3.68. The minimum atomic E-state index is -0.0922. The number of nitrogens with zero attached hydrogens (tertiary/aromatic N) is 3. The lowest BCUT2D eigenvalue weighted by molar-refractivity contribution is 0.642. The van der Waals surface area contributed by atoms with Gasteiger partial charge in [0.05, 0.1) is 17.6 Å². The van der Waals surface area contributed by atoms with Crippen molar-refractivity contribution in [2.75, 3.05) is 5.32 Å². The minimum absolute atomic E-state index is 0.0922. The van der Waals surface area contributed by atoms with Crippen molar-refractivity contribution in [1.29, 1.82) is 0 Å². The zero-order valence-corrected chi connectivity index (χ0v) is 17.3. The fraction of sp³-hybridized carbons (Fsp3) is 0.150. The molecule has 0 radical (unpaired) electrons. The van der Waals surface area contributed by atoms with Crippen LogP contribution in [0, 0.1) is 13.8 Å². The molecule has 1 heterocycles. The standard InChI is InChI=1S/C20H20ClN5OS/c1-13-16(21)10-7-11-17(13)23-20(28)24-22-12-18-14(2)19(27)26(25(18)3)15-8-5-4-6-9-15/h4-12H,1-3H3,(H2,23,24,28)/b22-12-. The van der Waals surface area contributed by atoms with Crippen molar-refractivity contribution in [3.63, 3.8) is 0 Å². The number of hydrazone groups is 1. The SMILES string of the molecule is Cc1c(Cl)cccc1NC(=S)N/N=C\c1c(C)c(=O)n(-c2ccccc2)n1C. The molecule has 0 atom stereocenters. The molecule has 2 aromatic carbocycles. The predicted octanol–water partition coefficient (Wildman–Crippen LogP) is 3.77. The highest BCUT2D eigenvalue weighted by Gasteiger charge is 2.14. The number of anilines is 1. The smallest absolute Gasteiger partial charge is 0.274 e. The minimum Gasteiger partial charge on any atom is -0.331 e. The van der Waals surface area contributed by atoms with Crippen LogP contribution in [0.2, 0.25) is 5.02 Å². The Labute approximate surface area is 173 Å². The molecule has 0 aliphatic carbocycles. The van der Waals surface area contributed by atoms with E-state index in [0.29, 0.717) is 21.4 Å². The lowest BCUT2D eigenvalue weighted by Gasteiger charge is -2.11. The van der Waals surface area contributed by atoms with E-state index in [0.717, 1.165) is 16.9 Å². The predicted molar refractivity (Wildman–Crippen MR) is 119 cm³/mol. The van der Waals surface area contributed by atoms with Crippen LogP contribution in [0.4, 0.5) is 5.69 Å². The zero-order valence-electron chi connectivity index (χ0n) is 15.7. The maximum absolute atomic E-state index is 12.6. The summed E-state index contributed by atoms with van der Waals surface area (Å²) < 4.78 is 3.36. The van der Waals surface area contributed by atoms with E-state index >= 15 is 0 Å². The van der Waals surface area contributed by atoms with Gasteiger partial charge in [-0.3, -0.25) is 14.9 Å². The van der Waals surface area contributed by atoms with Crippen LogP contribution in [0.25, 0.3) is 5.69 Å². The molecule has 0 amide bonds. The van der Waals surface area contributed by atoms with Crippen molar-refractivity contribution >= 4 is 40.8 Å². The monoisotopic (exact) mass is 413 g/mol. The van der Waals surface area contributed by atoms with Crippen LogP contribution in [0.3, 0.4) is 0 Å². The molecular weight excluding hydrogens is 394 g/mol. The Hall–Kier alpha value is -2.90. The van der Waals surface area contributed by atoms with Gasteiger partial charge in [0.2, 0.25) is 0 Å². The van der Waals surface area contributed by atoms with Crippen molar-refractivity contribution in [1.82, 2.24) is 14.8 Å². The lowest BCUT2D eigenvalue weighted by atomic mass is 10.2. The zero-order chi connectivity index (χ0) is 20.3. The average molecular weight is 414 g/mol. The summed E-state index contributed by atoms with van der Waals surface area (Å²) in [5.74, 6) is 0. The number of rotatable bonds is 4. The van der Waals surface area contributed by atoms with Gasteiger partial charge in [0.25, 0.3) is 5.56 Å². The number of hydrogen-bond donors (Lipinski definition) is 2. The highest BCUT2D eigenvalue weighted by molar-refractivity contribution is 7.80. The van der Waals surface area contributed by atoms with Crippen molar-refractivity contribution in [3.8, 4) is 5.69 Å². The van der Waals surface area contributed by atoms with Gasteiger partial charge >= 0.3 is 0 Å². The fourth-order valence-corrected chi connectivity index (χ4v) is 3.18. The number of aromatic nitrogens is 2. The number of para-hydroxylation sites is 1. The molecule has 6 nitrogen and oxygen atoms in total. The van der Waals surface area contributed by atoms with E-state index in [1.54, 1.807) is 22.5 Å². The third-order valence-corrected chi connectivity index (χ3v) is 5.02. The van der Waals surface area contributed by atoms with Gasteiger partial charge in [0, 0.05) is 23.3 Å². The van der Waals surface area contributed by atoms with Crippen molar-refractivity contribution < 1.29 is 0 Å². The Bertz CT molecular complexity index is 1100. The number of benzene rings is 2. The molecule has 0 fully saturated rings. The summed E-state index contributed by atoms with van der Waals surface area (Å²) in [6, 6.07) is 15.0. The van der Waals surface area contributed by atoms with Crippen molar-refractivity contribution in [2.24, 2.45) is 12.1 Å². The topological polar surface area (TPSA) is 63.4 Å². The van der Waals surface area contributed by atoms with Crippen molar-refractivity contribution in [3.05, 3.63) is 80.7 Å². The first-order chi connectivity index (χ1) is 13.4. The van der Waals surface area contributed by atoms with Gasteiger partial charge in [0.15, 0.2) is 5.11 Å². The number of nitrogens with one attached hydrogen (secondary N) is 2. The van der Waals surface area contributed by atoms with E-state index in [1.165, 1.54) is 0 Å². The molecule has 0 saturated heterocycles. The molecule has 0 aliphatic rings. The summed E-state index contributed by atoms with van der Waals surface area (Å²) in [7, 11) is 1.81. The highest BCUT2D eigenvalue weighted by Crippen LogP contribution is 2.22. The highest BCUT2D eigenvalue weighted by atomic mass is 35.5. The quantitative estimate of drug-likeness (QED) is 0.388. The second kappa shape index (κ2) is 8.41. The lowest BCUT2D eigenvalue weighted by Crippen LogP contribution is -2.24. The third kappa shape index (κ3) is 4.00. The van der Waals surface area contributed by atoms with Gasteiger partial charge < -0.3 is 5.32 Å². The molecule has 8 heteroatoms. The van der Waals surface area contributed by atoms with E-state index in [1.807, 2.05) is 62.5 Å². The van der Waals surface area contributed by atoms with Gasteiger partial charge in [0.1, 0.15) is 0 Å². The van der Waals surface area contributed by atoms with E-state index in [2.05, 4.69) is 15.8 Å². The first kappa shape index (κ1) is 19.9. The first-order valence-electron chi connectivity index (χ1n) is 8.59. The average Bonchev–Trinajstić information content (AvgIpc) is 2.89. The molecule has 144 valence electrons. The molecule has 0 spiro atoms. The van der Waals surface area contributed by atoms with E-state index in [9.17, 15) is 4.79 Å². The Morgan fingerprint density at radius 1 is 1.11 bits per heavy atom. The van der Waals surface area contributed by atoms with E-state index in [4.69, 9.17) is 23.8 Å². The van der Waals surface area contributed by atoms with E-state index in [-0.39, 0.29) is 5.56 Å². The van der Waals surface area contributed by atoms with Crippen LogP contribution >= 0.6 is 23.8 Å². The number of halogens is 1. The van der Waals surface area contributed by atoms with Crippen LogP contribution < -0.4 is 16.3 Å². The fourth-order valence-electron chi connectivity index (χ4n) is 2.84. The van der Waals surface area contributed by atoms with E-state index < -0.39 is 0 Å². The molecule has 3 aromatic rings. The Morgan fingerprint density at radius 3 is 2.54 bits per heavy atom. The van der Waals surface area contributed by atoms with Gasteiger partial charge in [-0.1, -0.05) is 35.9 Å².